The number of nitrogens with one attached hydrogen (secondary N) is 1. The molecule has 0 radical (unpaired) electrons. The summed E-state index contributed by atoms with van der Waals surface area (Å²) in [6.07, 6.45) is 5.15. The molecule has 0 unspecified atom stereocenters. The summed E-state index contributed by atoms with van der Waals surface area (Å²) in [5.41, 5.74) is 0.756. The van der Waals surface area contributed by atoms with E-state index in [0.29, 0.717) is 22.8 Å². The number of rotatable bonds is 6. The fourth-order valence-corrected chi connectivity index (χ4v) is 5.59. The minimum Gasteiger partial charge on any atom is -0.411 e. The number of hydrogen-bond donors (Lipinski definition) is 1. The molecule has 29 heavy (non-hydrogen) atoms. The summed E-state index contributed by atoms with van der Waals surface area (Å²) in [5.74, 6) is -0.234. The quantitative estimate of drug-likeness (QED) is 0.633. The fourth-order valence-electron chi connectivity index (χ4n) is 3.06. The Balaban J connectivity index is 1.52. The monoisotopic (exact) mass is 433 g/mol. The molecule has 1 aliphatic rings. The number of thiophene rings is 1. The number of carbonyl (C=O) groups is 1. The second-order valence-corrected chi connectivity index (χ2v) is 9.62. The van der Waals surface area contributed by atoms with Crippen LogP contribution in [0.2, 0.25) is 0 Å². The van der Waals surface area contributed by atoms with Crippen molar-refractivity contribution in [2.24, 2.45) is 0 Å². The van der Waals surface area contributed by atoms with Gasteiger partial charge in [0.05, 0.1) is 9.77 Å². The molecule has 1 aliphatic heterocycles. The lowest BCUT2D eigenvalue weighted by atomic mass is 10.3. The highest BCUT2D eigenvalue weighted by atomic mass is 32.2. The van der Waals surface area contributed by atoms with Gasteiger partial charge in [0.1, 0.15) is 0 Å². The molecule has 4 rings (SSSR count). The van der Waals surface area contributed by atoms with E-state index in [1.54, 1.807) is 36.4 Å². The van der Waals surface area contributed by atoms with Gasteiger partial charge in [0.2, 0.25) is 10.0 Å². The van der Waals surface area contributed by atoms with Crippen LogP contribution in [0.3, 0.4) is 0 Å². The van der Waals surface area contributed by atoms with E-state index in [9.17, 15) is 13.2 Å². The predicted octanol–water partition coefficient (Wildman–Crippen LogP) is 2.22. The molecule has 0 spiro atoms. The number of carbonyl (C=O) groups excluding carboxylic acids is 1. The summed E-state index contributed by atoms with van der Waals surface area (Å²) in [5, 5.41) is 7.77. The second-order valence-electron chi connectivity index (χ2n) is 6.63. The maximum absolute atomic E-state index is 12.7. The molecule has 0 saturated carbocycles. The summed E-state index contributed by atoms with van der Waals surface area (Å²) in [4.78, 5) is 19.2. The zero-order chi connectivity index (χ0) is 20.4. The number of hydrogen-bond acceptors (Lipinski definition) is 8. The minimum atomic E-state index is -3.73. The largest absolute Gasteiger partial charge is 0.411 e. The van der Waals surface area contributed by atoms with Gasteiger partial charge in [-0.3, -0.25) is 9.78 Å². The van der Waals surface area contributed by atoms with Gasteiger partial charge in [-0.2, -0.15) is 0 Å². The van der Waals surface area contributed by atoms with Crippen LogP contribution in [0.15, 0.2) is 39.9 Å². The third-order valence-corrected chi connectivity index (χ3v) is 7.26. The van der Waals surface area contributed by atoms with Crippen molar-refractivity contribution in [1.82, 2.24) is 24.8 Å². The lowest BCUT2D eigenvalue weighted by Crippen LogP contribution is -2.27. The van der Waals surface area contributed by atoms with Crippen LogP contribution >= 0.6 is 11.3 Å². The summed E-state index contributed by atoms with van der Waals surface area (Å²) in [6, 6.07) is 5.02. The van der Waals surface area contributed by atoms with Crippen molar-refractivity contribution >= 4 is 27.3 Å². The summed E-state index contributed by atoms with van der Waals surface area (Å²) < 4.78 is 33.5. The first-order chi connectivity index (χ1) is 13.9. The summed E-state index contributed by atoms with van der Waals surface area (Å²) in [7, 11) is -3.73. The Morgan fingerprint density at radius 3 is 2.83 bits per heavy atom. The molecule has 1 amide bonds. The second kappa shape index (κ2) is 8.01. The molecule has 0 aliphatic carbocycles. The highest BCUT2D eigenvalue weighted by Crippen LogP contribution is 2.33. The molecular formula is C18H19N5O4S2. The van der Waals surface area contributed by atoms with Gasteiger partial charge in [-0.25, -0.2) is 13.1 Å². The Labute approximate surface area is 171 Å². The average molecular weight is 434 g/mol. The van der Waals surface area contributed by atoms with Crippen molar-refractivity contribution in [3.63, 3.8) is 0 Å². The lowest BCUT2D eigenvalue weighted by molar-refractivity contribution is 0.0754. The van der Waals surface area contributed by atoms with Crippen LogP contribution in [0, 0.1) is 6.92 Å². The molecule has 0 bridgehead atoms. The maximum Gasteiger partial charge on any atom is 0.311 e. The molecule has 1 saturated heterocycles. The maximum atomic E-state index is 12.7. The lowest BCUT2D eigenvalue weighted by Gasteiger charge is -2.11. The number of aromatic nitrogens is 3. The van der Waals surface area contributed by atoms with Crippen molar-refractivity contribution in [1.29, 1.82) is 0 Å². The Morgan fingerprint density at radius 1 is 1.31 bits per heavy atom. The Kier molecular flexibility index (Phi) is 5.43. The van der Waals surface area contributed by atoms with Gasteiger partial charge in [-0.1, -0.05) is 6.07 Å². The third-order valence-electron chi connectivity index (χ3n) is 4.56. The summed E-state index contributed by atoms with van der Waals surface area (Å²) in [6.45, 7) is 3.20. The van der Waals surface area contributed by atoms with Crippen LogP contribution in [-0.4, -0.2) is 47.5 Å². The van der Waals surface area contributed by atoms with Crippen LogP contribution in [0.5, 0.6) is 0 Å². The normalized spacial score (nSPS) is 14.4. The zero-order valence-electron chi connectivity index (χ0n) is 15.7. The molecule has 152 valence electrons. The summed E-state index contributed by atoms with van der Waals surface area (Å²) >= 11 is 1.22. The first-order valence-electron chi connectivity index (χ1n) is 9.06. The fraction of sp³-hybridized carbons (Fsp3) is 0.333. The minimum absolute atomic E-state index is 0.0768. The number of pyridine rings is 1. The van der Waals surface area contributed by atoms with Gasteiger partial charge in [0, 0.05) is 36.9 Å². The van der Waals surface area contributed by atoms with Gasteiger partial charge < -0.3 is 9.32 Å². The van der Waals surface area contributed by atoms with Crippen molar-refractivity contribution < 1.29 is 17.6 Å². The number of aryl methyl sites for hydroxylation is 1. The van der Waals surface area contributed by atoms with Gasteiger partial charge in [-0.05, 0) is 37.5 Å². The van der Waals surface area contributed by atoms with E-state index < -0.39 is 10.0 Å². The standard InChI is InChI=1S/C18H19N5O4S2/c1-12-15(29(25,26)20-11-13-5-4-6-19-10-13)9-14(28-12)16-21-22-17(27-16)18(24)23-7-2-3-8-23/h4-6,9-10,20H,2-3,7-8,11H2,1H3. The van der Waals surface area contributed by atoms with Crippen molar-refractivity contribution in [2.75, 3.05) is 13.1 Å². The van der Waals surface area contributed by atoms with E-state index in [1.165, 1.54) is 17.4 Å². The SMILES string of the molecule is Cc1sc(-c2nnc(C(=O)N3CCCC3)o2)cc1S(=O)(=O)NCc1cccnc1. The van der Waals surface area contributed by atoms with Crippen LogP contribution in [0.4, 0.5) is 0 Å². The molecule has 1 N–H and O–H groups in total. The molecule has 9 nitrogen and oxygen atoms in total. The van der Waals surface area contributed by atoms with E-state index >= 15 is 0 Å². The van der Waals surface area contributed by atoms with Gasteiger partial charge in [0.15, 0.2) is 0 Å². The number of sulfonamides is 1. The smallest absolute Gasteiger partial charge is 0.311 e. The molecule has 3 aromatic rings. The van der Waals surface area contributed by atoms with E-state index in [4.69, 9.17) is 4.42 Å². The van der Waals surface area contributed by atoms with E-state index in [-0.39, 0.29) is 29.1 Å². The molecular weight excluding hydrogens is 414 g/mol. The van der Waals surface area contributed by atoms with Crippen molar-refractivity contribution in [3.8, 4) is 10.8 Å². The third kappa shape index (κ3) is 4.21. The molecule has 0 aromatic carbocycles. The average Bonchev–Trinajstić information content (AvgIpc) is 3.47. The van der Waals surface area contributed by atoms with Gasteiger partial charge in [-0.15, -0.1) is 21.5 Å². The predicted molar refractivity (Wildman–Crippen MR) is 106 cm³/mol. The number of likely N-dealkylation sites (tertiary alicyclic amines) is 1. The van der Waals surface area contributed by atoms with Crippen LogP contribution in [-0.2, 0) is 16.6 Å². The van der Waals surface area contributed by atoms with Crippen LogP contribution in [0.1, 0.15) is 34.0 Å². The Bertz CT molecular complexity index is 1120. The van der Waals surface area contributed by atoms with Gasteiger partial charge in [0.25, 0.3) is 5.89 Å². The van der Waals surface area contributed by atoms with Crippen molar-refractivity contribution in [2.45, 2.75) is 31.2 Å². The molecule has 0 atom stereocenters. The van der Waals surface area contributed by atoms with Gasteiger partial charge >= 0.3 is 11.8 Å². The highest BCUT2D eigenvalue weighted by molar-refractivity contribution is 7.89. The Morgan fingerprint density at radius 2 is 2.10 bits per heavy atom. The Hall–Kier alpha value is -2.63. The molecule has 4 heterocycles. The molecule has 1 fully saturated rings. The first-order valence-corrected chi connectivity index (χ1v) is 11.4. The van der Waals surface area contributed by atoms with Crippen LogP contribution in [0.25, 0.3) is 10.8 Å². The zero-order valence-corrected chi connectivity index (χ0v) is 17.3. The van der Waals surface area contributed by atoms with Crippen molar-refractivity contribution in [3.05, 3.63) is 46.9 Å². The topological polar surface area (TPSA) is 118 Å². The highest BCUT2D eigenvalue weighted by Gasteiger charge is 2.26. The van der Waals surface area contributed by atoms with E-state index in [0.717, 1.165) is 18.4 Å². The van der Waals surface area contributed by atoms with Crippen LogP contribution < -0.4 is 4.72 Å². The van der Waals surface area contributed by atoms with E-state index in [2.05, 4.69) is 19.9 Å². The number of nitrogens with zero attached hydrogens (tertiary/aromatic N) is 4. The first kappa shape index (κ1) is 19.7. The number of amides is 1. The molecule has 3 aromatic heterocycles. The molecule has 11 heteroatoms. The van der Waals surface area contributed by atoms with E-state index in [1.807, 2.05) is 0 Å².